The molecule has 134 valence electrons. The second-order valence-corrected chi connectivity index (χ2v) is 8.10. The van der Waals surface area contributed by atoms with E-state index in [-0.39, 0.29) is 18.3 Å². The van der Waals surface area contributed by atoms with Gasteiger partial charge in [0.15, 0.2) is 5.60 Å². The molecule has 1 fully saturated rings. The molecule has 0 unspecified atom stereocenters. The van der Waals surface area contributed by atoms with Gasteiger partial charge in [0.2, 0.25) is 0 Å². The molecule has 1 aliphatic heterocycles. The zero-order valence-electron chi connectivity index (χ0n) is 13.7. The average molecular weight is 383 g/mol. The predicted octanol–water partition coefficient (Wildman–Crippen LogP) is 3.18. The van der Waals surface area contributed by atoms with Gasteiger partial charge >= 0.3 is 0 Å². The molecule has 1 atom stereocenters. The number of aliphatic hydroxyl groups is 1. The van der Waals surface area contributed by atoms with Crippen LogP contribution in [0.5, 0.6) is 0 Å². The summed E-state index contributed by atoms with van der Waals surface area (Å²) in [5.74, 6) is -0.581. The van der Waals surface area contributed by atoms with Crippen LogP contribution in [-0.2, 0) is 17.9 Å². The van der Waals surface area contributed by atoms with Crippen molar-refractivity contribution in [3.63, 3.8) is 0 Å². The number of halogens is 2. The van der Waals surface area contributed by atoms with Gasteiger partial charge in [-0.2, -0.15) is 0 Å². The number of amides is 1. The highest BCUT2D eigenvalue weighted by molar-refractivity contribution is 7.16. The van der Waals surface area contributed by atoms with E-state index >= 15 is 0 Å². The maximum absolute atomic E-state index is 13.0. The zero-order valence-corrected chi connectivity index (χ0v) is 15.2. The van der Waals surface area contributed by atoms with E-state index in [1.54, 1.807) is 17.0 Å². The van der Waals surface area contributed by atoms with Gasteiger partial charge in [-0.1, -0.05) is 23.7 Å². The number of benzene rings is 1. The molecule has 0 saturated carbocycles. The molecule has 1 saturated heterocycles. The van der Waals surface area contributed by atoms with Crippen molar-refractivity contribution in [1.29, 1.82) is 0 Å². The molecule has 3 rings (SSSR count). The van der Waals surface area contributed by atoms with E-state index in [4.69, 9.17) is 11.6 Å². The molecule has 4 nitrogen and oxygen atoms in total. The van der Waals surface area contributed by atoms with Crippen molar-refractivity contribution in [1.82, 2.24) is 10.2 Å². The minimum atomic E-state index is -1.40. The van der Waals surface area contributed by atoms with Crippen molar-refractivity contribution in [2.75, 3.05) is 13.1 Å². The fraction of sp³-hybridized carbons (Fsp3) is 0.389. The number of hydrogen-bond donors (Lipinski definition) is 2. The molecule has 25 heavy (non-hydrogen) atoms. The Hall–Kier alpha value is -1.47. The summed E-state index contributed by atoms with van der Waals surface area (Å²) in [5, 5.41) is 13.9. The zero-order chi connectivity index (χ0) is 17.9. The number of carbonyl (C=O) groups is 1. The van der Waals surface area contributed by atoms with Crippen LogP contribution in [0.1, 0.15) is 23.3 Å². The van der Waals surface area contributed by atoms with Gasteiger partial charge in [-0.3, -0.25) is 4.79 Å². The molecular weight excluding hydrogens is 363 g/mol. The Bertz CT molecular complexity index is 737. The van der Waals surface area contributed by atoms with Crippen molar-refractivity contribution in [2.45, 2.75) is 31.5 Å². The van der Waals surface area contributed by atoms with Crippen LogP contribution in [-0.4, -0.2) is 34.6 Å². The average Bonchev–Trinajstić information content (AvgIpc) is 2.99. The SMILES string of the molecule is O=C1N(Cc2ccc(F)cc2)CCC[C@@]1(O)CNCc1ccc(Cl)s1. The number of piperidine rings is 1. The Morgan fingerprint density at radius 3 is 2.72 bits per heavy atom. The maximum atomic E-state index is 13.0. The lowest BCUT2D eigenvalue weighted by Crippen LogP contribution is -2.57. The Morgan fingerprint density at radius 2 is 2.04 bits per heavy atom. The number of carbonyl (C=O) groups excluding carboxylic acids is 1. The van der Waals surface area contributed by atoms with Crippen molar-refractivity contribution in [3.05, 3.63) is 57.0 Å². The van der Waals surface area contributed by atoms with E-state index in [0.717, 1.165) is 21.2 Å². The lowest BCUT2D eigenvalue weighted by molar-refractivity contribution is -0.157. The minimum Gasteiger partial charge on any atom is -0.379 e. The molecular formula is C18H20ClFN2O2S. The largest absolute Gasteiger partial charge is 0.379 e. The fourth-order valence-corrected chi connectivity index (χ4v) is 4.09. The predicted molar refractivity (Wildman–Crippen MR) is 97.0 cm³/mol. The third kappa shape index (κ3) is 4.58. The van der Waals surface area contributed by atoms with Gasteiger partial charge in [-0.05, 0) is 42.7 Å². The van der Waals surface area contributed by atoms with Gasteiger partial charge in [0, 0.05) is 31.1 Å². The minimum absolute atomic E-state index is 0.196. The molecule has 1 amide bonds. The molecule has 1 aromatic carbocycles. The summed E-state index contributed by atoms with van der Waals surface area (Å²) in [4.78, 5) is 15.4. The van der Waals surface area contributed by atoms with Crippen LogP contribution < -0.4 is 5.32 Å². The molecule has 7 heteroatoms. The van der Waals surface area contributed by atoms with Crippen LogP contribution >= 0.6 is 22.9 Å². The lowest BCUT2D eigenvalue weighted by Gasteiger charge is -2.38. The van der Waals surface area contributed by atoms with Gasteiger partial charge in [0.05, 0.1) is 4.34 Å². The van der Waals surface area contributed by atoms with E-state index in [1.807, 2.05) is 12.1 Å². The second-order valence-electron chi connectivity index (χ2n) is 6.30. The normalized spacial score (nSPS) is 20.9. The number of likely N-dealkylation sites (tertiary alicyclic amines) is 1. The van der Waals surface area contributed by atoms with Crippen LogP contribution in [0.25, 0.3) is 0 Å². The highest BCUT2D eigenvalue weighted by Gasteiger charge is 2.41. The summed E-state index contributed by atoms with van der Waals surface area (Å²) in [7, 11) is 0. The highest BCUT2D eigenvalue weighted by Crippen LogP contribution is 2.25. The van der Waals surface area contributed by atoms with Gasteiger partial charge in [-0.25, -0.2) is 4.39 Å². The monoisotopic (exact) mass is 382 g/mol. The van der Waals surface area contributed by atoms with E-state index in [0.29, 0.717) is 26.1 Å². The van der Waals surface area contributed by atoms with Gasteiger partial charge < -0.3 is 15.3 Å². The fourth-order valence-electron chi connectivity index (χ4n) is 3.03. The Morgan fingerprint density at radius 1 is 1.28 bits per heavy atom. The van der Waals surface area contributed by atoms with Crippen LogP contribution in [0.15, 0.2) is 36.4 Å². The first kappa shape index (κ1) is 18.3. The van der Waals surface area contributed by atoms with E-state index < -0.39 is 5.60 Å². The smallest absolute Gasteiger partial charge is 0.256 e. The first-order chi connectivity index (χ1) is 12.0. The Kier molecular flexibility index (Phi) is 5.74. The van der Waals surface area contributed by atoms with Crippen LogP contribution in [0.4, 0.5) is 4.39 Å². The van der Waals surface area contributed by atoms with Crippen molar-refractivity contribution in [3.8, 4) is 0 Å². The summed E-state index contributed by atoms with van der Waals surface area (Å²) >= 11 is 7.37. The maximum Gasteiger partial charge on any atom is 0.256 e. The van der Waals surface area contributed by atoms with Crippen molar-refractivity contribution in [2.24, 2.45) is 0 Å². The Balaban J connectivity index is 1.58. The summed E-state index contributed by atoms with van der Waals surface area (Å²) < 4.78 is 13.7. The van der Waals surface area contributed by atoms with Gasteiger partial charge in [-0.15, -0.1) is 11.3 Å². The highest BCUT2D eigenvalue weighted by atomic mass is 35.5. The Labute approximate surface area is 155 Å². The molecule has 1 aromatic heterocycles. The molecule has 0 radical (unpaired) electrons. The number of nitrogens with zero attached hydrogens (tertiary/aromatic N) is 1. The summed E-state index contributed by atoms with van der Waals surface area (Å²) in [6.45, 7) is 1.73. The number of thiophene rings is 1. The molecule has 1 aliphatic rings. The number of hydrogen-bond acceptors (Lipinski definition) is 4. The number of nitrogens with one attached hydrogen (secondary N) is 1. The van der Waals surface area contributed by atoms with E-state index in [2.05, 4.69) is 5.32 Å². The topological polar surface area (TPSA) is 52.6 Å². The summed E-state index contributed by atoms with van der Waals surface area (Å²) in [6.07, 6.45) is 1.17. The molecule has 0 bridgehead atoms. The van der Waals surface area contributed by atoms with Crippen molar-refractivity contribution < 1.29 is 14.3 Å². The number of rotatable bonds is 6. The lowest BCUT2D eigenvalue weighted by atomic mass is 9.91. The second kappa shape index (κ2) is 7.83. The van der Waals surface area contributed by atoms with Gasteiger partial charge in [0.1, 0.15) is 5.82 Å². The van der Waals surface area contributed by atoms with Crippen molar-refractivity contribution >= 4 is 28.8 Å². The van der Waals surface area contributed by atoms with Crippen LogP contribution in [0.2, 0.25) is 4.34 Å². The molecule has 0 spiro atoms. The summed E-state index contributed by atoms with van der Waals surface area (Å²) in [5.41, 5.74) is -0.556. The molecule has 2 N–H and O–H groups in total. The van der Waals surface area contributed by atoms with E-state index in [1.165, 1.54) is 23.5 Å². The summed E-state index contributed by atoms with van der Waals surface area (Å²) in [6, 6.07) is 9.83. The third-order valence-electron chi connectivity index (χ3n) is 4.34. The molecule has 2 aromatic rings. The standard InChI is InChI=1S/C18H20ClFN2O2S/c19-16-7-6-15(25-16)10-21-12-18(24)8-1-9-22(17(18)23)11-13-2-4-14(20)5-3-13/h2-7,21,24H,1,8-12H2/t18-/m1/s1. The van der Waals surface area contributed by atoms with Gasteiger partial charge in [0.25, 0.3) is 5.91 Å². The molecule has 2 heterocycles. The van der Waals surface area contributed by atoms with E-state index in [9.17, 15) is 14.3 Å². The van der Waals surface area contributed by atoms with Crippen LogP contribution in [0.3, 0.4) is 0 Å². The first-order valence-electron chi connectivity index (χ1n) is 8.17. The van der Waals surface area contributed by atoms with Crippen LogP contribution in [0, 0.1) is 5.82 Å². The third-order valence-corrected chi connectivity index (χ3v) is 5.57. The quantitative estimate of drug-likeness (QED) is 0.806. The first-order valence-corrected chi connectivity index (χ1v) is 9.37. The molecule has 0 aliphatic carbocycles.